The van der Waals surface area contributed by atoms with Crippen molar-refractivity contribution in [3.63, 3.8) is 0 Å². The number of nitrogens with zero attached hydrogens (tertiary/aromatic N) is 2. The van der Waals surface area contributed by atoms with Crippen molar-refractivity contribution in [1.82, 2.24) is 9.97 Å². The van der Waals surface area contributed by atoms with Crippen molar-refractivity contribution < 1.29 is 9.53 Å². The largest absolute Gasteiger partial charge is 0.473 e. The molecule has 0 bridgehead atoms. The summed E-state index contributed by atoms with van der Waals surface area (Å²) in [6.45, 7) is 4.35. The molecule has 0 aliphatic rings. The molecule has 2 aromatic carbocycles. The average Bonchev–Trinajstić information content (AvgIpc) is 2.63. The number of hydrogen-bond acceptors (Lipinski definition) is 4. The van der Waals surface area contributed by atoms with E-state index in [-0.39, 0.29) is 11.6 Å². The molecule has 0 saturated heterocycles. The van der Waals surface area contributed by atoms with Gasteiger partial charge in [-0.05, 0) is 31.0 Å². The maximum absolute atomic E-state index is 12.4. The molecule has 0 aliphatic carbocycles. The van der Waals surface area contributed by atoms with Gasteiger partial charge in [0.05, 0.1) is 0 Å². The van der Waals surface area contributed by atoms with Crippen molar-refractivity contribution >= 4 is 11.6 Å². The van der Waals surface area contributed by atoms with Gasteiger partial charge in [-0.2, -0.15) is 0 Å². The molecule has 1 amide bonds. The molecule has 0 fully saturated rings. The summed E-state index contributed by atoms with van der Waals surface area (Å²) < 4.78 is 5.64. The average molecular weight is 333 g/mol. The Morgan fingerprint density at radius 2 is 1.84 bits per heavy atom. The van der Waals surface area contributed by atoms with E-state index in [0.29, 0.717) is 12.5 Å². The van der Waals surface area contributed by atoms with Crippen molar-refractivity contribution in [2.24, 2.45) is 0 Å². The number of aromatic nitrogens is 2. The second-order valence-electron chi connectivity index (χ2n) is 5.79. The molecule has 0 saturated carbocycles. The first-order valence-corrected chi connectivity index (χ1v) is 7.99. The van der Waals surface area contributed by atoms with Crippen LogP contribution in [0.3, 0.4) is 0 Å². The first-order valence-electron chi connectivity index (χ1n) is 7.99. The molecule has 0 aliphatic heterocycles. The summed E-state index contributed by atoms with van der Waals surface area (Å²) in [6.07, 6.45) is 1.33. The summed E-state index contributed by atoms with van der Waals surface area (Å²) in [7, 11) is 0. The van der Waals surface area contributed by atoms with E-state index < -0.39 is 0 Å². The second kappa shape index (κ2) is 7.57. The topological polar surface area (TPSA) is 64.1 Å². The van der Waals surface area contributed by atoms with Crippen LogP contribution in [0.4, 0.5) is 5.69 Å². The van der Waals surface area contributed by atoms with E-state index in [0.717, 1.165) is 22.4 Å². The quantitative estimate of drug-likeness (QED) is 0.768. The third-order valence-corrected chi connectivity index (χ3v) is 3.73. The van der Waals surface area contributed by atoms with Crippen LogP contribution in [0.2, 0.25) is 0 Å². The summed E-state index contributed by atoms with van der Waals surface area (Å²) in [6, 6.07) is 17.2. The summed E-state index contributed by atoms with van der Waals surface area (Å²) in [5.74, 6) is 0.0727. The van der Waals surface area contributed by atoms with Gasteiger partial charge < -0.3 is 10.1 Å². The van der Waals surface area contributed by atoms with Crippen LogP contribution in [0.1, 0.15) is 27.2 Å². The van der Waals surface area contributed by atoms with E-state index in [1.165, 1.54) is 6.33 Å². The lowest BCUT2D eigenvalue weighted by Gasteiger charge is -2.09. The molecule has 25 heavy (non-hydrogen) atoms. The lowest BCUT2D eigenvalue weighted by Crippen LogP contribution is -2.15. The van der Waals surface area contributed by atoms with Gasteiger partial charge in [0.15, 0.2) is 0 Å². The standard InChI is InChI=1S/C20H19N3O2/c1-14-8-9-17(15(2)10-14)23-20(24)18-11-19(22-13-21-18)25-12-16-6-4-3-5-7-16/h3-11,13H,12H2,1-2H3,(H,23,24). The molecule has 1 aromatic heterocycles. The number of rotatable bonds is 5. The summed E-state index contributed by atoms with van der Waals surface area (Å²) in [5.41, 5.74) is 4.21. The van der Waals surface area contributed by atoms with Gasteiger partial charge in [0, 0.05) is 11.8 Å². The number of benzene rings is 2. The third kappa shape index (κ3) is 4.41. The second-order valence-corrected chi connectivity index (χ2v) is 5.79. The normalized spacial score (nSPS) is 10.3. The number of hydrogen-bond donors (Lipinski definition) is 1. The van der Waals surface area contributed by atoms with E-state index in [1.807, 2.05) is 62.4 Å². The molecule has 3 aromatic rings. The highest BCUT2D eigenvalue weighted by Crippen LogP contribution is 2.17. The number of aryl methyl sites for hydroxylation is 2. The molecule has 5 heteroatoms. The molecular formula is C20H19N3O2. The summed E-state index contributed by atoms with van der Waals surface area (Å²) in [4.78, 5) is 20.5. The molecule has 126 valence electrons. The summed E-state index contributed by atoms with van der Waals surface area (Å²) in [5, 5.41) is 2.87. The fourth-order valence-corrected chi connectivity index (χ4v) is 2.41. The molecule has 0 unspecified atom stereocenters. The van der Waals surface area contributed by atoms with Gasteiger partial charge in [-0.15, -0.1) is 0 Å². The highest BCUT2D eigenvalue weighted by atomic mass is 16.5. The van der Waals surface area contributed by atoms with Gasteiger partial charge in [-0.1, -0.05) is 48.0 Å². The van der Waals surface area contributed by atoms with E-state index in [4.69, 9.17) is 4.74 Å². The highest BCUT2D eigenvalue weighted by molar-refractivity contribution is 6.03. The zero-order valence-corrected chi connectivity index (χ0v) is 14.2. The number of amides is 1. The molecule has 0 radical (unpaired) electrons. The Morgan fingerprint density at radius 1 is 1.04 bits per heavy atom. The van der Waals surface area contributed by atoms with Crippen LogP contribution >= 0.6 is 0 Å². The molecule has 1 N–H and O–H groups in total. The lowest BCUT2D eigenvalue weighted by atomic mass is 10.1. The van der Waals surface area contributed by atoms with Gasteiger partial charge in [0.2, 0.25) is 5.88 Å². The lowest BCUT2D eigenvalue weighted by molar-refractivity contribution is 0.102. The Bertz CT molecular complexity index is 879. The maximum Gasteiger partial charge on any atom is 0.274 e. The van der Waals surface area contributed by atoms with Crippen molar-refractivity contribution in [3.05, 3.63) is 83.3 Å². The van der Waals surface area contributed by atoms with Crippen LogP contribution in [-0.2, 0) is 6.61 Å². The van der Waals surface area contributed by atoms with Crippen molar-refractivity contribution in [2.45, 2.75) is 20.5 Å². The Morgan fingerprint density at radius 3 is 2.60 bits per heavy atom. The van der Waals surface area contributed by atoms with Gasteiger partial charge in [-0.3, -0.25) is 4.79 Å². The van der Waals surface area contributed by atoms with Crippen LogP contribution < -0.4 is 10.1 Å². The summed E-state index contributed by atoms with van der Waals surface area (Å²) >= 11 is 0. The minimum Gasteiger partial charge on any atom is -0.473 e. The predicted octanol–water partition coefficient (Wildman–Crippen LogP) is 3.92. The first-order chi connectivity index (χ1) is 12.1. The zero-order chi connectivity index (χ0) is 17.6. The smallest absolute Gasteiger partial charge is 0.274 e. The van der Waals surface area contributed by atoms with Crippen molar-refractivity contribution in [3.8, 4) is 5.88 Å². The van der Waals surface area contributed by atoms with Crippen LogP contribution in [0.25, 0.3) is 0 Å². The number of carbonyl (C=O) groups is 1. The zero-order valence-electron chi connectivity index (χ0n) is 14.2. The fourth-order valence-electron chi connectivity index (χ4n) is 2.41. The monoisotopic (exact) mass is 333 g/mol. The van der Waals surface area contributed by atoms with Crippen LogP contribution in [-0.4, -0.2) is 15.9 Å². The van der Waals surface area contributed by atoms with Crippen molar-refractivity contribution in [1.29, 1.82) is 0 Å². The van der Waals surface area contributed by atoms with Crippen LogP contribution in [0.5, 0.6) is 5.88 Å². The van der Waals surface area contributed by atoms with Gasteiger partial charge in [0.25, 0.3) is 5.91 Å². The van der Waals surface area contributed by atoms with Crippen LogP contribution in [0.15, 0.2) is 60.9 Å². The molecule has 0 atom stereocenters. The number of nitrogens with one attached hydrogen (secondary N) is 1. The first kappa shape index (κ1) is 16.6. The number of carbonyl (C=O) groups excluding carboxylic acids is 1. The maximum atomic E-state index is 12.4. The fraction of sp³-hybridized carbons (Fsp3) is 0.150. The third-order valence-electron chi connectivity index (χ3n) is 3.73. The van der Waals surface area contributed by atoms with Gasteiger partial charge in [0.1, 0.15) is 18.6 Å². The predicted molar refractivity (Wildman–Crippen MR) is 96.7 cm³/mol. The van der Waals surface area contributed by atoms with Crippen molar-refractivity contribution in [2.75, 3.05) is 5.32 Å². The minimum atomic E-state index is -0.293. The van der Waals surface area contributed by atoms with Gasteiger partial charge >= 0.3 is 0 Å². The Labute approximate surface area is 146 Å². The molecular weight excluding hydrogens is 314 g/mol. The number of anilines is 1. The molecule has 3 rings (SSSR count). The Hall–Kier alpha value is -3.21. The minimum absolute atomic E-state index is 0.262. The van der Waals surface area contributed by atoms with E-state index in [2.05, 4.69) is 15.3 Å². The SMILES string of the molecule is Cc1ccc(NC(=O)c2cc(OCc3ccccc3)ncn2)c(C)c1. The van der Waals surface area contributed by atoms with E-state index in [9.17, 15) is 4.79 Å². The molecule has 0 spiro atoms. The molecule has 5 nitrogen and oxygen atoms in total. The molecule has 1 heterocycles. The van der Waals surface area contributed by atoms with E-state index in [1.54, 1.807) is 6.07 Å². The van der Waals surface area contributed by atoms with Crippen LogP contribution in [0, 0.1) is 13.8 Å². The van der Waals surface area contributed by atoms with E-state index >= 15 is 0 Å². The Kier molecular flexibility index (Phi) is 5.04. The van der Waals surface area contributed by atoms with Gasteiger partial charge in [-0.25, -0.2) is 9.97 Å². The highest BCUT2D eigenvalue weighted by Gasteiger charge is 2.11. The number of ether oxygens (including phenoxy) is 1. The Balaban J connectivity index is 1.69.